The Morgan fingerprint density at radius 3 is 2.52 bits per heavy atom. The number of allylic oxidation sites excluding steroid dienone is 3. The van der Waals surface area contributed by atoms with Crippen molar-refractivity contribution >= 4 is 17.5 Å². The fraction of sp³-hybridized carbons (Fsp3) is 0.588. The van der Waals surface area contributed by atoms with E-state index in [0.29, 0.717) is 18.4 Å². The molecular formula is C17H22O4. The lowest BCUT2D eigenvalue weighted by atomic mass is 9.63. The fourth-order valence-electron chi connectivity index (χ4n) is 3.37. The van der Waals surface area contributed by atoms with Crippen molar-refractivity contribution in [1.29, 1.82) is 0 Å². The molecule has 0 saturated carbocycles. The molecule has 0 unspecified atom stereocenters. The summed E-state index contributed by atoms with van der Waals surface area (Å²) in [5, 5.41) is 0. The van der Waals surface area contributed by atoms with E-state index in [1.165, 1.54) is 6.92 Å². The summed E-state index contributed by atoms with van der Waals surface area (Å²) >= 11 is 0. The number of fused-ring (bicyclic) bond motifs is 1. The van der Waals surface area contributed by atoms with Crippen molar-refractivity contribution in [2.24, 2.45) is 11.3 Å². The predicted octanol–water partition coefficient (Wildman–Crippen LogP) is 2.77. The molecule has 0 bridgehead atoms. The third-order valence-corrected chi connectivity index (χ3v) is 4.45. The Morgan fingerprint density at radius 2 is 2.00 bits per heavy atom. The van der Waals surface area contributed by atoms with E-state index in [1.54, 1.807) is 6.92 Å². The summed E-state index contributed by atoms with van der Waals surface area (Å²) in [6.45, 7) is 8.99. The van der Waals surface area contributed by atoms with Gasteiger partial charge in [-0.25, -0.2) is 0 Å². The van der Waals surface area contributed by atoms with Crippen molar-refractivity contribution < 1.29 is 19.1 Å². The minimum atomic E-state index is -0.766. The minimum Gasteiger partial charge on any atom is -0.454 e. The average Bonchev–Trinajstić information content (AvgIpc) is 2.33. The van der Waals surface area contributed by atoms with Gasteiger partial charge >= 0.3 is 5.97 Å². The first-order valence-corrected chi connectivity index (χ1v) is 7.33. The molecule has 0 aromatic heterocycles. The number of ketones is 2. The molecule has 114 valence electrons. The smallest absolute Gasteiger partial charge is 0.303 e. The van der Waals surface area contributed by atoms with Gasteiger partial charge in [0.1, 0.15) is 0 Å². The first kappa shape index (κ1) is 15.7. The normalized spacial score (nSPS) is 29.4. The highest BCUT2D eigenvalue weighted by Crippen LogP contribution is 2.47. The topological polar surface area (TPSA) is 60.4 Å². The van der Waals surface area contributed by atoms with E-state index in [0.717, 1.165) is 11.1 Å². The first-order chi connectivity index (χ1) is 9.65. The first-order valence-electron chi connectivity index (χ1n) is 7.33. The van der Waals surface area contributed by atoms with Crippen LogP contribution in [0.1, 0.15) is 47.5 Å². The zero-order valence-electron chi connectivity index (χ0n) is 13.3. The maximum atomic E-state index is 12.4. The van der Waals surface area contributed by atoms with E-state index < -0.39 is 17.5 Å². The maximum Gasteiger partial charge on any atom is 0.303 e. The Hall–Kier alpha value is -1.71. The molecule has 0 spiro atoms. The fourth-order valence-corrected chi connectivity index (χ4v) is 3.37. The molecule has 0 amide bonds. The van der Waals surface area contributed by atoms with Crippen LogP contribution in [-0.4, -0.2) is 23.6 Å². The number of rotatable bonds is 2. The third kappa shape index (κ3) is 2.71. The number of carbonyl (C=O) groups is 3. The predicted molar refractivity (Wildman–Crippen MR) is 78.5 cm³/mol. The summed E-state index contributed by atoms with van der Waals surface area (Å²) in [7, 11) is 0. The molecule has 2 aliphatic rings. The molecule has 2 rings (SSSR count). The van der Waals surface area contributed by atoms with Crippen molar-refractivity contribution in [3.63, 3.8) is 0 Å². The van der Waals surface area contributed by atoms with Crippen LogP contribution in [0.5, 0.6) is 0 Å². The number of ether oxygens (including phenoxy) is 1. The lowest BCUT2D eigenvalue weighted by Gasteiger charge is -2.41. The van der Waals surface area contributed by atoms with Gasteiger partial charge in [0.15, 0.2) is 17.7 Å². The maximum absolute atomic E-state index is 12.4. The Bertz CT molecular complexity index is 580. The van der Waals surface area contributed by atoms with Crippen LogP contribution >= 0.6 is 0 Å². The highest BCUT2D eigenvalue weighted by Gasteiger charge is 2.46. The van der Waals surface area contributed by atoms with Gasteiger partial charge in [0.05, 0.1) is 0 Å². The monoisotopic (exact) mass is 290 g/mol. The van der Waals surface area contributed by atoms with E-state index >= 15 is 0 Å². The Labute approximate surface area is 125 Å². The number of carbonyl (C=O) groups excluding carboxylic acids is 3. The van der Waals surface area contributed by atoms with E-state index in [1.807, 2.05) is 26.8 Å². The molecule has 0 saturated heterocycles. The van der Waals surface area contributed by atoms with Crippen LogP contribution in [0.25, 0.3) is 0 Å². The molecule has 2 aliphatic carbocycles. The van der Waals surface area contributed by atoms with Crippen LogP contribution in [0.15, 0.2) is 22.8 Å². The lowest BCUT2D eigenvalue weighted by molar-refractivity contribution is -0.154. The summed E-state index contributed by atoms with van der Waals surface area (Å²) in [5.41, 5.74) is 1.90. The molecule has 4 heteroatoms. The number of hydrogen-bond donors (Lipinski definition) is 0. The zero-order chi connectivity index (χ0) is 15.9. The van der Waals surface area contributed by atoms with Crippen LogP contribution in [-0.2, 0) is 19.1 Å². The van der Waals surface area contributed by atoms with Crippen molar-refractivity contribution in [3.05, 3.63) is 22.8 Å². The van der Waals surface area contributed by atoms with Crippen molar-refractivity contribution in [3.8, 4) is 0 Å². The summed E-state index contributed by atoms with van der Waals surface area (Å²) in [4.78, 5) is 35.9. The van der Waals surface area contributed by atoms with Crippen LogP contribution in [0.2, 0.25) is 0 Å². The van der Waals surface area contributed by atoms with Crippen LogP contribution in [0.3, 0.4) is 0 Å². The standard InChI is InChI=1S/C17H22O4/c1-9(2)12-6-13-10(3)16(20)15(21-11(4)18)8-17(13,5)7-14(12)19/h6,9,15H,7-8H2,1-5H3/t15-,17+/m1/s1. The molecule has 0 aromatic carbocycles. The quantitative estimate of drug-likeness (QED) is 0.734. The molecule has 0 N–H and O–H groups in total. The van der Waals surface area contributed by atoms with Gasteiger partial charge < -0.3 is 4.74 Å². The Balaban J connectivity index is 2.50. The molecular weight excluding hydrogens is 268 g/mol. The number of hydrogen-bond acceptors (Lipinski definition) is 4. The van der Waals surface area contributed by atoms with E-state index in [9.17, 15) is 14.4 Å². The van der Waals surface area contributed by atoms with Crippen molar-refractivity contribution in [2.75, 3.05) is 0 Å². The second-order valence-corrected chi connectivity index (χ2v) is 6.62. The molecule has 0 fully saturated rings. The summed E-state index contributed by atoms with van der Waals surface area (Å²) in [5.74, 6) is -0.344. The second kappa shape index (κ2) is 5.24. The van der Waals surface area contributed by atoms with Crippen LogP contribution in [0, 0.1) is 11.3 Å². The minimum absolute atomic E-state index is 0.125. The van der Waals surface area contributed by atoms with Gasteiger partial charge in [-0.15, -0.1) is 0 Å². The van der Waals surface area contributed by atoms with Crippen molar-refractivity contribution in [1.82, 2.24) is 0 Å². The average molecular weight is 290 g/mol. The molecule has 21 heavy (non-hydrogen) atoms. The summed E-state index contributed by atoms with van der Waals surface area (Å²) in [6, 6.07) is 0. The van der Waals surface area contributed by atoms with Gasteiger partial charge in [-0.3, -0.25) is 14.4 Å². The van der Waals surface area contributed by atoms with Gasteiger partial charge in [0, 0.05) is 25.2 Å². The van der Waals surface area contributed by atoms with Gasteiger partial charge in [0.2, 0.25) is 0 Å². The Morgan fingerprint density at radius 1 is 1.38 bits per heavy atom. The van der Waals surface area contributed by atoms with Crippen LogP contribution < -0.4 is 0 Å². The van der Waals surface area contributed by atoms with E-state index in [-0.39, 0.29) is 17.5 Å². The largest absolute Gasteiger partial charge is 0.454 e. The van der Waals surface area contributed by atoms with Crippen LogP contribution in [0.4, 0.5) is 0 Å². The molecule has 0 aromatic rings. The molecule has 2 atom stereocenters. The van der Waals surface area contributed by atoms with E-state index in [4.69, 9.17) is 4.74 Å². The van der Waals surface area contributed by atoms with Gasteiger partial charge in [0.25, 0.3) is 0 Å². The molecule has 4 nitrogen and oxygen atoms in total. The molecule has 0 aliphatic heterocycles. The highest BCUT2D eigenvalue weighted by atomic mass is 16.5. The number of Topliss-reactive ketones (excluding diaryl/α,β-unsaturated/α-hetero) is 2. The summed E-state index contributed by atoms with van der Waals surface area (Å²) < 4.78 is 5.14. The Kier molecular flexibility index (Phi) is 3.91. The van der Waals surface area contributed by atoms with Gasteiger partial charge in [-0.1, -0.05) is 26.8 Å². The second-order valence-electron chi connectivity index (χ2n) is 6.62. The van der Waals surface area contributed by atoms with E-state index in [2.05, 4.69) is 0 Å². The SMILES string of the molecule is CC(=O)O[C@@H]1C[C@]2(C)CC(=O)C(C(C)C)=CC2=C(C)C1=O. The van der Waals surface area contributed by atoms with Gasteiger partial charge in [-0.05, 0) is 29.6 Å². The summed E-state index contributed by atoms with van der Waals surface area (Å²) in [6.07, 6.45) is 1.87. The zero-order valence-corrected chi connectivity index (χ0v) is 13.3. The third-order valence-electron chi connectivity index (χ3n) is 4.45. The highest BCUT2D eigenvalue weighted by molar-refractivity contribution is 6.05. The van der Waals surface area contributed by atoms with Gasteiger partial charge in [-0.2, -0.15) is 0 Å². The molecule has 0 heterocycles. The lowest BCUT2D eigenvalue weighted by Crippen LogP contribution is -2.43. The molecule has 0 radical (unpaired) electrons. The number of esters is 1. The van der Waals surface area contributed by atoms with Crippen molar-refractivity contribution in [2.45, 2.75) is 53.6 Å².